The normalized spacial score (nSPS) is 11.5. The molecule has 15 aromatic rings. The van der Waals surface area contributed by atoms with E-state index >= 15 is 0 Å². The minimum atomic E-state index is -4.89. The van der Waals surface area contributed by atoms with Crippen LogP contribution in [-0.4, -0.2) is 136 Å². The Labute approximate surface area is 888 Å². The number of hydrogen-bond donors (Lipinski definition) is 2. The molecule has 748 valence electrons. The van der Waals surface area contributed by atoms with E-state index in [0.29, 0.717) is 117 Å². The molecule has 2 N–H and O–H groups in total. The second-order valence-corrected chi connectivity index (χ2v) is 42.9. The Morgan fingerprint density at radius 1 is 0.486 bits per heavy atom. The lowest BCUT2D eigenvalue weighted by molar-refractivity contribution is -0.143. The first-order valence-corrected chi connectivity index (χ1v) is 55.2. The molecule has 0 saturated heterocycles. The van der Waals surface area contributed by atoms with Crippen LogP contribution in [0.15, 0.2) is 336 Å². The number of nitriles is 1. The van der Waals surface area contributed by atoms with Gasteiger partial charge in [-0.05, 0) is 200 Å². The fourth-order valence-corrected chi connectivity index (χ4v) is 21.8. The Balaban J connectivity index is 0.000000174. The summed E-state index contributed by atoms with van der Waals surface area (Å²) >= 11 is 28.5. The van der Waals surface area contributed by atoms with Crippen molar-refractivity contribution in [2.75, 3.05) is 59.3 Å². The number of hydrogen-bond acceptors (Lipinski definition) is 24. The Morgan fingerprint density at radius 3 is 1.49 bits per heavy atom. The molecule has 0 atom stereocenters. The molecule has 0 aliphatic heterocycles. The summed E-state index contributed by atoms with van der Waals surface area (Å²) in [5.41, 5.74) is 3.62. The minimum absolute atomic E-state index is 0.0210. The van der Waals surface area contributed by atoms with Crippen molar-refractivity contribution in [3.63, 3.8) is 0 Å². The van der Waals surface area contributed by atoms with Gasteiger partial charge in [0.05, 0.1) is 77.4 Å². The maximum absolute atomic E-state index is 12.8. The molecule has 18 nitrogen and oxygen atoms in total. The molecule has 0 radical (unpaired) electrons. The molecule has 10 aromatic carbocycles. The molecule has 16 rings (SSSR count). The van der Waals surface area contributed by atoms with Crippen molar-refractivity contribution in [1.29, 1.82) is 5.26 Å². The van der Waals surface area contributed by atoms with E-state index in [9.17, 15) is 64.7 Å². The van der Waals surface area contributed by atoms with Crippen LogP contribution in [0.2, 0.25) is 10.0 Å². The highest BCUT2D eigenvalue weighted by atomic mass is 79.9. The fourth-order valence-electron chi connectivity index (χ4n) is 13.3. The monoisotopic (exact) mass is 2220 g/mol. The van der Waals surface area contributed by atoms with Crippen molar-refractivity contribution < 1.29 is 69.4 Å². The zero-order valence-corrected chi connectivity index (χ0v) is 88.5. The number of benzene rings is 10. The van der Waals surface area contributed by atoms with Crippen molar-refractivity contribution in [2.45, 2.75) is 143 Å². The Hall–Kier alpha value is -10.8. The lowest BCUT2D eigenvalue weighted by Gasteiger charge is -2.14. The molecule has 5 heterocycles. The summed E-state index contributed by atoms with van der Waals surface area (Å²) < 4.78 is 88.1. The van der Waals surface area contributed by atoms with E-state index in [-0.39, 0.29) is 76.6 Å². The standard InChI is InChI=1S/C18H14F6OS.C17H12BrN3OS2.C16H11Cl2N3O2S.C16H16OS.C15H15NOS.C14H16N2OS2.C12H16O2S/c19-17(20,21)13-8-12(9-14(10-13)18(22,23)24)6-7-15(25)11-26-16-4-2-1-3-5-16;18-12-7-5-11(6-8-12)9-13(22)10-23-16-19-20-17-21(16)14-3-1-2-4-15(14)24-17;1-9(22)14-3-2-10(7-19)16(21-14)24-8-15(23)20-13-5-11(17)4-12(18)6-13;17-15(12-11-14-7-3-1-4-8-14)13-18-16-9-5-2-6-10-16;17-14(9-8-13-5-4-10-16-11-13)12-18-15-6-2-1-3-7-15;17-13(15-10-5-1-2-6-10)9-18-14-16-11-7-3-4-8-12(11)19-14;1-14-9-5-6-11(13)10-15-12-7-3-2-4-8-12/h1-5,8-10H,6-7,11H2;1-8H,9-10H2;2-6H,8H2,1H3,(H,20,23);1-10H,11-13H2;1-7,10-11H,8-9,12H2;3-4,7-8,10H,1-2,5-6,9H2,(H,15,17);2-4,7-8H,5-6,9-10H2,1H3. The molecular formula is C108H100BrCl2F6N9O9S9. The summed E-state index contributed by atoms with van der Waals surface area (Å²) in [7, 11) is 1.66. The van der Waals surface area contributed by atoms with Crippen LogP contribution in [-0.2, 0) is 76.3 Å². The molecular weight excluding hydrogens is 2120 g/mol. The van der Waals surface area contributed by atoms with Gasteiger partial charge in [0.25, 0.3) is 0 Å². The number of anilines is 1. The van der Waals surface area contributed by atoms with Crippen LogP contribution in [0.3, 0.4) is 0 Å². The third-order valence-corrected chi connectivity index (χ3v) is 30.8. The minimum Gasteiger partial charge on any atom is -0.385 e. The van der Waals surface area contributed by atoms with E-state index in [0.717, 1.165) is 105 Å². The SMILES string of the molecule is CC(=O)c1ccc(C#N)c(SCC(=O)Nc2cc(Cl)cc(Cl)c2)n1.COCCCC(=O)CSc1ccccc1.O=C(CCc1cc(C(F)(F)F)cc(C(F)(F)F)c1)CSc1ccccc1.O=C(CCc1ccccc1)CSc1ccccc1.O=C(CCc1cccnc1)CSc1ccccc1.O=C(CSc1nc2ccccc2s1)NC1CCCC1.O=C(CSc1nnc2sc3ccccc3n12)Cc1ccc(Br)cc1. The summed E-state index contributed by atoms with van der Waals surface area (Å²) in [6.07, 6.45) is 2.97. The number of aryl methyl sites for hydroxylation is 3. The number of nitrogens with zero attached hydrogens (tertiary/aromatic N) is 7. The highest BCUT2D eigenvalue weighted by molar-refractivity contribution is 9.10. The number of ether oxygens (including phenoxy) is 1. The number of rotatable bonds is 39. The molecule has 1 aliphatic rings. The summed E-state index contributed by atoms with van der Waals surface area (Å²) in [6, 6.07) is 88.7. The zero-order valence-electron chi connectivity index (χ0n) is 78.1. The molecule has 144 heavy (non-hydrogen) atoms. The molecule has 0 spiro atoms. The zero-order chi connectivity index (χ0) is 103. The molecule has 2 amide bonds. The maximum atomic E-state index is 12.8. The average Bonchev–Trinajstić information content (AvgIpc) is 1.61. The number of halogens is 9. The summed E-state index contributed by atoms with van der Waals surface area (Å²) in [6.45, 7) is 2.06. The number of amides is 2. The summed E-state index contributed by atoms with van der Waals surface area (Å²) in [5.74, 6) is 3.10. The van der Waals surface area contributed by atoms with E-state index in [1.54, 1.807) is 114 Å². The summed E-state index contributed by atoms with van der Waals surface area (Å²) in [4.78, 5) is 112. The van der Waals surface area contributed by atoms with E-state index in [1.807, 2.05) is 199 Å². The lowest BCUT2D eigenvalue weighted by Crippen LogP contribution is -2.33. The lowest BCUT2D eigenvalue weighted by atomic mass is 10.0. The predicted molar refractivity (Wildman–Crippen MR) is 579 cm³/mol. The second kappa shape index (κ2) is 62.3. The highest BCUT2D eigenvalue weighted by Gasteiger charge is 2.37. The van der Waals surface area contributed by atoms with Gasteiger partial charge in [-0.3, -0.25) is 47.7 Å². The molecule has 0 unspecified atom stereocenters. The molecule has 1 aliphatic carbocycles. The first kappa shape index (κ1) is 115. The molecule has 36 heteroatoms. The number of Topliss-reactive ketones (excluding diaryl/α,β-unsaturated/α-hetero) is 6. The number of pyridine rings is 2. The van der Waals surface area contributed by atoms with Gasteiger partial charge in [0.1, 0.15) is 45.7 Å². The number of nitrogens with one attached hydrogen (secondary N) is 2. The van der Waals surface area contributed by atoms with Gasteiger partial charge in [-0.2, -0.15) is 31.6 Å². The smallest absolute Gasteiger partial charge is 0.385 e. The van der Waals surface area contributed by atoms with Gasteiger partial charge < -0.3 is 15.4 Å². The van der Waals surface area contributed by atoms with E-state index in [1.165, 1.54) is 82.1 Å². The number of carbonyl (C=O) groups is 8. The molecule has 1 fully saturated rings. The van der Waals surface area contributed by atoms with Gasteiger partial charge in [-0.15, -0.1) is 68.6 Å². The Kier molecular flexibility index (Phi) is 49.8. The first-order chi connectivity index (χ1) is 69.5. The predicted octanol–water partition coefficient (Wildman–Crippen LogP) is 28.4. The third kappa shape index (κ3) is 43.1. The second-order valence-electron chi connectivity index (χ2n) is 31.7. The van der Waals surface area contributed by atoms with Crippen molar-refractivity contribution in [2.24, 2.45) is 0 Å². The number of para-hydroxylation sites is 2. The quantitative estimate of drug-likeness (QED) is 0.0157. The van der Waals surface area contributed by atoms with Crippen LogP contribution in [0.1, 0.15) is 114 Å². The number of carbonyl (C=O) groups excluding carboxylic acids is 8. The number of thiazole rings is 2. The Morgan fingerprint density at radius 2 is 0.972 bits per heavy atom. The van der Waals surface area contributed by atoms with Crippen LogP contribution in [0.5, 0.6) is 0 Å². The number of ketones is 6. The van der Waals surface area contributed by atoms with Crippen LogP contribution in [0.4, 0.5) is 32.0 Å². The number of fused-ring (bicyclic) bond motifs is 4. The number of methoxy groups -OCH3 is 1. The van der Waals surface area contributed by atoms with Crippen LogP contribution in [0, 0.1) is 11.3 Å². The van der Waals surface area contributed by atoms with Gasteiger partial charge in [0.15, 0.2) is 15.3 Å². The number of aromatic nitrogens is 6. The van der Waals surface area contributed by atoms with Crippen molar-refractivity contribution >= 4 is 222 Å². The topological polar surface area (TPSA) is 262 Å². The van der Waals surface area contributed by atoms with E-state index in [4.69, 9.17) is 33.2 Å². The van der Waals surface area contributed by atoms with Gasteiger partial charge in [-0.1, -0.05) is 244 Å². The van der Waals surface area contributed by atoms with Crippen molar-refractivity contribution in [3.8, 4) is 6.07 Å². The molecule has 5 aromatic heterocycles. The third-order valence-electron chi connectivity index (χ3n) is 20.4. The molecule has 1 saturated carbocycles. The van der Waals surface area contributed by atoms with Gasteiger partial charge >= 0.3 is 12.4 Å². The van der Waals surface area contributed by atoms with Crippen LogP contribution >= 0.6 is 144 Å². The van der Waals surface area contributed by atoms with Gasteiger partial charge in [-0.25, -0.2) is 9.97 Å². The van der Waals surface area contributed by atoms with Crippen LogP contribution < -0.4 is 10.6 Å². The first-order valence-electron chi connectivity index (χ1n) is 45.2. The Bertz CT molecular complexity index is 6400. The number of alkyl halides is 6. The van der Waals surface area contributed by atoms with Crippen LogP contribution in [0.25, 0.3) is 25.4 Å². The average molecular weight is 2220 g/mol. The van der Waals surface area contributed by atoms with Crippen molar-refractivity contribution in [3.05, 3.63) is 357 Å². The van der Waals surface area contributed by atoms with E-state index in [2.05, 4.69) is 82.0 Å². The summed E-state index contributed by atoms with van der Waals surface area (Å²) in [5, 5.41) is 25.2. The van der Waals surface area contributed by atoms with Gasteiger partial charge in [0, 0.05) is 111 Å². The number of thioether (sulfide) groups is 7. The fraction of sp³-hybridized carbons (Fsp3) is 0.241. The largest absolute Gasteiger partial charge is 0.416 e. The van der Waals surface area contributed by atoms with E-state index < -0.39 is 23.5 Å². The highest BCUT2D eigenvalue weighted by Crippen LogP contribution is 2.38. The molecule has 0 bridgehead atoms. The maximum Gasteiger partial charge on any atom is 0.416 e. The van der Waals surface area contributed by atoms with Crippen molar-refractivity contribution in [1.82, 2.24) is 34.9 Å². The van der Waals surface area contributed by atoms with Gasteiger partial charge in [0.2, 0.25) is 16.8 Å².